The lowest BCUT2D eigenvalue weighted by molar-refractivity contribution is -0.129. The van der Waals surface area contributed by atoms with Crippen molar-refractivity contribution in [2.24, 2.45) is 0 Å². The van der Waals surface area contributed by atoms with Crippen LogP contribution in [-0.4, -0.2) is 66.5 Å². The first-order chi connectivity index (χ1) is 16.5. The Hall–Kier alpha value is -2.84. The molecule has 1 amide bonds. The minimum atomic E-state index is -0.701. The van der Waals surface area contributed by atoms with Gasteiger partial charge in [0, 0.05) is 6.54 Å². The van der Waals surface area contributed by atoms with E-state index in [1.165, 1.54) is 11.3 Å². The van der Waals surface area contributed by atoms with E-state index in [-0.39, 0.29) is 11.4 Å². The molecule has 184 valence electrons. The van der Waals surface area contributed by atoms with Gasteiger partial charge in [0.15, 0.2) is 17.3 Å². The molecule has 34 heavy (non-hydrogen) atoms. The summed E-state index contributed by atoms with van der Waals surface area (Å²) in [7, 11) is 1.56. The number of nitrogens with zero attached hydrogens (tertiary/aromatic N) is 2. The zero-order valence-corrected chi connectivity index (χ0v) is 21.2. The smallest absolute Gasteiger partial charge is 0.290 e. The van der Waals surface area contributed by atoms with Gasteiger partial charge < -0.3 is 24.4 Å². The molecular weight excluding hydrogens is 452 g/mol. The van der Waals surface area contributed by atoms with Crippen LogP contribution < -0.4 is 9.47 Å². The van der Waals surface area contributed by atoms with Crippen LogP contribution in [0.3, 0.4) is 0 Å². The maximum absolute atomic E-state index is 13.4. The van der Waals surface area contributed by atoms with Gasteiger partial charge in [-0.05, 0) is 61.6 Å². The molecule has 1 aliphatic rings. The minimum absolute atomic E-state index is 0.111. The van der Waals surface area contributed by atoms with Gasteiger partial charge in [-0.2, -0.15) is 0 Å². The molecule has 0 saturated carbocycles. The zero-order chi connectivity index (χ0) is 24.7. The Morgan fingerprint density at radius 3 is 2.56 bits per heavy atom. The van der Waals surface area contributed by atoms with Gasteiger partial charge in [-0.3, -0.25) is 9.59 Å². The average molecular weight is 487 g/mol. The molecule has 0 aliphatic carbocycles. The molecule has 0 spiro atoms. The Morgan fingerprint density at radius 1 is 1.18 bits per heavy atom. The Bertz CT molecular complexity index is 1010. The number of hydrogen-bond donors (Lipinski definition) is 1. The summed E-state index contributed by atoms with van der Waals surface area (Å²) in [5.74, 6) is -0.200. The lowest BCUT2D eigenvalue weighted by Gasteiger charge is -2.28. The van der Waals surface area contributed by atoms with Gasteiger partial charge in [-0.15, -0.1) is 11.3 Å². The largest absolute Gasteiger partial charge is 0.503 e. The third kappa shape index (κ3) is 5.45. The molecule has 3 rings (SSSR count). The van der Waals surface area contributed by atoms with Crippen LogP contribution in [0.1, 0.15) is 54.9 Å². The summed E-state index contributed by atoms with van der Waals surface area (Å²) in [6.45, 7) is 9.88. The van der Waals surface area contributed by atoms with Crippen LogP contribution in [0.2, 0.25) is 0 Å². The molecule has 1 aromatic carbocycles. The van der Waals surface area contributed by atoms with Crippen LogP contribution >= 0.6 is 11.3 Å². The number of hydrogen-bond acceptors (Lipinski definition) is 7. The third-order valence-electron chi connectivity index (χ3n) is 6.03. The number of amides is 1. The van der Waals surface area contributed by atoms with Gasteiger partial charge in [0.25, 0.3) is 5.91 Å². The first kappa shape index (κ1) is 25.8. The van der Waals surface area contributed by atoms with Crippen molar-refractivity contribution in [1.82, 2.24) is 9.80 Å². The van der Waals surface area contributed by atoms with Crippen molar-refractivity contribution in [3.63, 3.8) is 0 Å². The number of rotatable bonds is 13. The van der Waals surface area contributed by atoms with E-state index in [1.54, 1.807) is 41.7 Å². The Balaban J connectivity index is 1.98. The molecule has 1 atom stereocenters. The monoisotopic (exact) mass is 486 g/mol. The highest BCUT2D eigenvalue weighted by atomic mass is 32.1. The zero-order valence-electron chi connectivity index (χ0n) is 20.4. The summed E-state index contributed by atoms with van der Waals surface area (Å²) in [6.07, 6.45) is 1.59. The first-order valence-electron chi connectivity index (χ1n) is 11.8. The normalized spacial score (nSPS) is 16.0. The maximum Gasteiger partial charge on any atom is 0.290 e. The van der Waals surface area contributed by atoms with Gasteiger partial charge in [0.2, 0.25) is 5.78 Å². The Labute approximate surface area is 205 Å². The molecule has 0 saturated heterocycles. The Morgan fingerprint density at radius 2 is 1.94 bits per heavy atom. The second kappa shape index (κ2) is 12.0. The van der Waals surface area contributed by atoms with Crippen molar-refractivity contribution in [3.05, 3.63) is 57.5 Å². The standard InChI is InChI=1S/C26H34N2O5S/c1-5-15-33-19-12-11-18(17-20(19)32-4)23-22(24(29)21-10-8-16-34-21)25(30)26(31)28(23)14-9-13-27(6-2)7-3/h8,10-12,16-17,23,30H,5-7,9,13-15H2,1-4H3/t23-/m1/s1. The number of carbonyl (C=O) groups is 2. The van der Waals surface area contributed by atoms with Crippen molar-refractivity contribution in [3.8, 4) is 11.5 Å². The summed E-state index contributed by atoms with van der Waals surface area (Å²) < 4.78 is 11.3. The molecule has 1 N–H and O–H groups in total. The van der Waals surface area contributed by atoms with Crippen LogP contribution in [0.15, 0.2) is 47.0 Å². The lowest BCUT2D eigenvalue weighted by Crippen LogP contribution is -2.34. The summed E-state index contributed by atoms with van der Waals surface area (Å²) in [6, 6.07) is 8.22. The van der Waals surface area contributed by atoms with Crippen LogP contribution in [0.25, 0.3) is 0 Å². The van der Waals surface area contributed by atoms with E-state index in [1.807, 2.05) is 13.0 Å². The highest BCUT2D eigenvalue weighted by Crippen LogP contribution is 2.42. The highest BCUT2D eigenvalue weighted by Gasteiger charge is 2.44. The second-order valence-corrected chi connectivity index (χ2v) is 9.06. The van der Waals surface area contributed by atoms with Crippen molar-refractivity contribution < 1.29 is 24.2 Å². The van der Waals surface area contributed by atoms with E-state index < -0.39 is 17.7 Å². The van der Waals surface area contributed by atoms with Crippen LogP contribution in [0.4, 0.5) is 0 Å². The van der Waals surface area contributed by atoms with Crippen molar-refractivity contribution in [1.29, 1.82) is 0 Å². The van der Waals surface area contributed by atoms with E-state index in [4.69, 9.17) is 9.47 Å². The van der Waals surface area contributed by atoms with E-state index >= 15 is 0 Å². The molecule has 0 bridgehead atoms. The number of thiophene rings is 1. The molecule has 8 heteroatoms. The van der Waals surface area contributed by atoms with Gasteiger partial charge in [0.1, 0.15) is 0 Å². The average Bonchev–Trinajstić information content (AvgIpc) is 3.48. The van der Waals surface area contributed by atoms with Gasteiger partial charge >= 0.3 is 0 Å². The number of aliphatic hydroxyl groups is 1. The minimum Gasteiger partial charge on any atom is -0.503 e. The van der Waals surface area contributed by atoms with Gasteiger partial charge in [-0.25, -0.2) is 0 Å². The first-order valence-corrected chi connectivity index (χ1v) is 12.7. The molecule has 1 aromatic heterocycles. The number of aliphatic hydroxyl groups excluding tert-OH is 1. The van der Waals surface area contributed by atoms with Crippen molar-refractivity contribution in [2.45, 2.75) is 39.7 Å². The van der Waals surface area contributed by atoms with Gasteiger partial charge in [0.05, 0.1) is 30.2 Å². The molecule has 7 nitrogen and oxygen atoms in total. The number of ketones is 1. The summed E-state index contributed by atoms with van der Waals surface area (Å²) in [5, 5.41) is 12.6. The van der Waals surface area contributed by atoms with Crippen LogP contribution in [0, 0.1) is 0 Å². The predicted octanol–water partition coefficient (Wildman–Crippen LogP) is 4.86. The van der Waals surface area contributed by atoms with Crippen LogP contribution in [0.5, 0.6) is 11.5 Å². The van der Waals surface area contributed by atoms with Crippen molar-refractivity contribution >= 4 is 23.0 Å². The number of carbonyl (C=O) groups excluding carboxylic acids is 2. The number of ether oxygens (including phenoxy) is 2. The van der Waals surface area contributed by atoms with E-state index in [9.17, 15) is 14.7 Å². The number of benzene rings is 1. The summed E-state index contributed by atoms with van der Waals surface area (Å²) in [4.78, 5) is 30.9. The fourth-order valence-electron chi connectivity index (χ4n) is 4.19. The predicted molar refractivity (Wildman–Crippen MR) is 134 cm³/mol. The second-order valence-electron chi connectivity index (χ2n) is 8.11. The molecular formula is C26H34N2O5S. The molecule has 1 aliphatic heterocycles. The molecule has 0 unspecified atom stereocenters. The molecule has 2 aromatic rings. The van der Waals surface area contributed by atoms with Crippen LogP contribution in [-0.2, 0) is 4.79 Å². The topological polar surface area (TPSA) is 79.3 Å². The van der Waals surface area contributed by atoms with Crippen molar-refractivity contribution in [2.75, 3.05) is 39.9 Å². The fraction of sp³-hybridized carbons (Fsp3) is 0.462. The SMILES string of the molecule is CCCOc1ccc([C@@H]2C(C(=O)c3cccs3)=C(O)C(=O)N2CCCN(CC)CC)cc1OC. The van der Waals surface area contributed by atoms with Gasteiger partial charge in [-0.1, -0.05) is 32.9 Å². The highest BCUT2D eigenvalue weighted by molar-refractivity contribution is 7.12. The summed E-state index contributed by atoms with van der Waals surface area (Å²) in [5.41, 5.74) is 0.806. The Kier molecular flexibility index (Phi) is 9.12. The number of Topliss-reactive ketones (excluding diaryl/α,β-unsaturated/α-hetero) is 1. The lowest BCUT2D eigenvalue weighted by atomic mass is 9.95. The van der Waals surface area contributed by atoms with E-state index in [0.29, 0.717) is 35.1 Å². The quantitative estimate of drug-likeness (QED) is 0.408. The molecule has 2 heterocycles. The molecule has 0 fully saturated rings. The maximum atomic E-state index is 13.4. The number of methoxy groups -OCH3 is 1. The summed E-state index contributed by atoms with van der Waals surface area (Å²) >= 11 is 1.29. The third-order valence-corrected chi connectivity index (χ3v) is 6.89. The fourth-order valence-corrected chi connectivity index (χ4v) is 4.87. The van der Waals surface area contributed by atoms with E-state index in [0.717, 1.165) is 32.5 Å². The van der Waals surface area contributed by atoms with E-state index in [2.05, 4.69) is 18.7 Å². The molecule has 0 radical (unpaired) electrons.